The number of phenols is 4. The maximum Gasteiger partial charge on any atom is 0.316 e. The molecule has 7 rings (SSSR count). The first-order valence-corrected chi connectivity index (χ1v) is 23.5. The fourth-order valence-corrected chi connectivity index (χ4v) is 6.18. The summed E-state index contributed by atoms with van der Waals surface area (Å²) in [5.41, 5.74) is 0.103. The van der Waals surface area contributed by atoms with Gasteiger partial charge in [0, 0.05) is 16.8 Å². The molecule has 0 saturated heterocycles. The van der Waals surface area contributed by atoms with Gasteiger partial charge in [0.05, 0.1) is 16.2 Å². The van der Waals surface area contributed by atoms with Crippen LogP contribution in [0.15, 0.2) is 133 Å². The van der Waals surface area contributed by atoms with Crippen LogP contribution in [0.5, 0.6) is 40.2 Å². The summed E-state index contributed by atoms with van der Waals surface area (Å²) in [6.07, 6.45) is 3.27. The van der Waals surface area contributed by atoms with Crippen molar-refractivity contribution in [2.45, 2.75) is 114 Å². The highest BCUT2D eigenvalue weighted by Crippen LogP contribution is 2.35. The standard InChI is InChI=1S/C19H20O.C16H18O3.2C12H16O3/c1-4-19(2,3)17-7-5-13-10-16-12-18(20)8-6-14(16)9-15(13)11-17;1-4-16(2,3)15(18)19-14-10-9-13(17)11-7-5-6-8-12(11)14;1-4-12(2,3)11(14)15-10-7-5-9(13)6-8-10;1-4-12(2,3)11(14)15-10-7-5-6-9(13)8-10/h5-12,20H,4H2,1-3H3;5-10,17H,4H2,1-3H3;2*5-8,13H,4H2,1-3H3. The topological polar surface area (TPSA) is 160 Å². The van der Waals surface area contributed by atoms with Gasteiger partial charge in [-0.1, -0.05) is 96.1 Å². The van der Waals surface area contributed by atoms with Crippen LogP contribution in [0, 0.1) is 16.2 Å². The van der Waals surface area contributed by atoms with Gasteiger partial charge >= 0.3 is 17.9 Å². The molecule has 0 heterocycles. The van der Waals surface area contributed by atoms with Crippen molar-refractivity contribution >= 4 is 50.2 Å². The van der Waals surface area contributed by atoms with Crippen LogP contribution in [0.4, 0.5) is 0 Å². The Hall–Kier alpha value is -7.07. The summed E-state index contributed by atoms with van der Waals surface area (Å²) in [5, 5.41) is 43.8. The molecule has 0 radical (unpaired) electrons. The lowest BCUT2D eigenvalue weighted by Gasteiger charge is -2.23. The van der Waals surface area contributed by atoms with E-state index in [1.54, 1.807) is 48.5 Å². The fourth-order valence-electron chi connectivity index (χ4n) is 6.18. The number of fused-ring (bicyclic) bond motifs is 3. The van der Waals surface area contributed by atoms with E-state index in [-0.39, 0.29) is 40.6 Å². The summed E-state index contributed by atoms with van der Waals surface area (Å²) in [6.45, 7) is 23.7. The Bertz CT molecular complexity index is 2850. The van der Waals surface area contributed by atoms with Crippen molar-refractivity contribution in [2.24, 2.45) is 16.2 Å². The smallest absolute Gasteiger partial charge is 0.316 e. The van der Waals surface area contributed by atoms with Crippen LogP contribution >= 0.6 is 0 Å². The quantitative estimate of drug-likeness (QED) is 0.0558. The van der Waals surface area contributed by atoms with E-state index in [1.165, 1.54) is 46.0 Å². The Kier molecular flexibility index (Phi) is 18.4. The molecule has 0 bridgehead atoms. The maximum atomic E-state index is 12.1. The third kappa shape index (κ3) is 15.0. The summed E-state index contributed by atoms with van der Waals surface area (Å²) in [5.74, 6) is 1.28. The Balaban J connectivity index is 0.000000202. The van der Waals surface area contributed by atoms with Gasteiger partial charge in [-0.15, -0.1) is 0 Å². The van der Waals surface area contributed by atoms with Crippen LogP contribution in [-0.2, 0) is 19.8 Å². The highest BCUT2D eigenvalue weighted by Gasteiger charge is 2.30. The predicted molar refractivity (Wildman–Crippen MR) is 277 cm³/mol. The van der Waals surface area contributed by atoms with Crippen LogP contribution in [0.2, 0.25) is 0 Å². The fraction of sp³-hybridized carbons (Fsp3) is 0.339. The number of rotatable bonds is 11. The summed E-state index contributed by atoms with van der Waals surface area (Å²) < 4.78 is 15.8. The third-order valence-electron chi connectivity index (χ3n) is 12.9. The van der Waals surface area contributed by atoms with Gasteiger partial charge in [-0.2, -0.15) is 0 Å². The van der Waals surface area contributed by atoms with Gasteiger partial charge in [0.1, 0.15) is 40.2 Å². The highest BCUT2D eigenvalue weighted by atomic mass is 16.5. The molecule has 0 spiro atoms. The lowest BCUT2D eigenvalue weighted by atomic mass is 9.81. The van der Waals surface area contributed by atoms with E-state index in [4.69, 9.17) is 19.3 Å². The lowest BCUT2D eigenvalue weighted by molar-refractivity contribution is -0.144. The van der Waals surface area contributed by atoms with Gasteiger partial charge in [0.2, 0.25) is 0 Å². The minimum atomic E-state index is -0.515. The van der Waals surface area contributed by atoms with Crippen LogP contribution in [0.3, 0.4) is 0 Å². The van der Waals surface area contributed by atoms with Crippen molar-refractivity contribution in [2.75, 3.05) is 0 Å². The zero-order valence-corrected chi connectivity index (χ0v) is 42.3. The summed E-state index contributed by atoms with van der Waals surface area (Å²) >= 11 is 0. The molecule has 0 aliphatic rings. The van der Waals surface area contributed by atoms with Gasteiger partial charge in [-0.05, 0) is 173 Å². The summed E-state index contributed by atoms with van der Waals surface area (Å²) in [4.78, 5) is 35.4. The molecule has 0 aromatic heterocycles. The number of carbonyl (C=O) groups excluding carboxylic acids is 3. The van der Waals surface area contributed by atoms with Gasteiger partial charge in [0.25, 0.3) is 0 Å². The molecule has 0 unspecified atom stereocenters. The Morgan fingerprint density at radius 1 is 0.406 bits per heavy atom. The Morgan fingerprint density at radius 2 is 0.884 bits per heavy atom. The number of hydrogen-bond acceptors (Lipinski definition) is 10. The summed E-state index contributed by atoms with van der Waals surface area (Å²) in [7, 11) is 0. The van der Waals surface area contributed by atoms with E-state index >= 15 is 0 Å². The van der Waals surface area contributed by atoms with Crippen molar-refractivity contribution in [3.05, 3.63) is 139 Å². The minimum Gasteiger partial charge on any atom is -0.508 e. The van der Waals surface area contributed by atoms with Crippen molar-refractivity contribution < 1.29 is 49.0 Å². The first-order chi connectivity index (χ1) is 32.4. The number of aromatic hydroxyl groups is 4. The second-order valence-corrected chi connectivity index (χ2v) is 19.7. The van der Waals surface area contributed by atoms with Crippen molar-refractivity contribution in [3.63, 3.8) is 0 Å². The van der Waals surface area contributed by atoms with Crippen LogP contribution in [0.1, 0.15) is 114 Å². The highest BCUT2D eigenvalue weighted by molar-refractivity contribution is 5.99. The largest absolute Gasteiger partial charge is 0.508 e. The molecule has 7 aromatic rings. The van der Waals surface area contributed by atoms with E-state index in [9.17, 15) is 29.7 Å². The molecule has 10 nitrogen and oxygen atoms in total. The van der Waals surface area contributed by atoms with Gasteiger partial charge in [-0.25, -0.2) is 0 Å². The SMILES string of the molecule is CCC(C)(C)C(=O)Oc1ccc(O)c2ccccc12.CCC(C)(C)C(=O)Oc1ccc(O)cc1.CCC(C)(C)C(=O)Oc1cccc(O)c1.CCC(C)(C)c1ccc2cc3cc(O)ccc3cc2c1. The van der Waals surface area contributed by atoms with Crippen LogP contribution < -0.4 is 14.2 Å². The van der Waals surface area contributed by atoms with E-state index in [1.807, 2.05) is 92.6 Å². The Labute approximate surface area is 407 Å². The molecule has 0 aliphatic heterocycles. The maximum absolute atomic E-state index is 12.1. The zero-order chi connectivity index (χ0) is 51.3. The number of ether oxygens (including phenoxy) is 3. The number of carbonyl (C=O) groups is 3. The number of hydrogen-bond donors (Lipinski definition) is 4. The number of benzene rings is 7. The number of phenolic OH excluding ortho intramolecular Hbond substituents is 4. The first kappa shape index (κ1) is 54.5. The minimum absolute atomic E-state index is 0.0922. The third-order valence-corrected chi connectivity index (χ3v) is 12.9. The van der Waals surface area contributed by atoms with Gasteiger partial charge < -0.3 is 34.6 Å². The zero-order valence-electron chi connectivity index (χ0n) is 42.3. The lowest BCUT2D eigenvalue weighted by Crippen LogP contribution is -2.28. The molecule has 10 heteroatoms. The van der Waals surface area contributed by atoms with Gasteiger partial charge in [0.15, 0.2) is 0 Å². The average Bonchev–Trinajstić information content (AvgIpc) is 3.32. The molecule has 0 aliphatic carbocycles. The van der Waals surface area contributed by atoms with E-state index in [2.05, 4.69) is 51.1 Å². The molecule has 0 atom stereocenters. The number of esters is 3. The molecule has 69 heavy (non-hydrogen) atoms. The molecule has 366 valence electrons. The van der Waals surface area contributed by atoms with E-state index in [0.29, 0.717) is 41.2 Å². The van der Waals surface area contributed by atoms with E-state index < -0.39 is 16.2 Å². The molecule has 4 N–H and O–H groups in total. The van der Waals surface area contributed by atoms with Crippen molar-refractivity contribution in [1.29, 1.82) is 0 Å². The van der Waals surface area contributed by atoms with Gasteiger partial charge in [-0.3, -0.25) is 14.4 Å². The average molecular weight is 939 g/mol. The predicted octanol–water partition coefficient (Wildman–Crippen LogP) is 14.7. The molecule has 7 aromatic carbocycles. The summed E-state index contributed by atoms with van der Waals surface area (Å²) in [6, 6.07) is 39.4. The molecular formula is C59H70O10. The first-order valence-electron chi connectivity index (χ1n) is 23.5. The van der Waals surface area contributed by atoms with Crippen LogP contribution in [0.25, 0.3) is 32.3 Å². The van der Waals surface area contributed by atoms with Crippen LogP contribution in [-0.4, -0.2) is 38.3 Å². The molecule has 0 amide bonds. The molecule has 0 fully saturated rings. The molecule has 0 saturated carbocycles. The van der Waals surface area contributed by atoms with Crippen molar-refractivity contribution in [1.82, 2.24) is 0 Å². The second kappa shape index (κ2) is 23.3. The Morgan fingerprint density at radius 3 is 1.42 bits per heavy atom. The second-order valence-electron chi connectivity index (χ2n) is 19.7. The monoisotopic (exact) mass is 938 g/mol. The van der Waals surface area contributed by atoms with E-state index in [0.717, 1.165) is 23.6 Å². The van der Waals surface area contributed by atoms with Crippen molar-refractivity contribution in [3.8, 4) is 40.2 Å². The molecular weight excluding hydrogens is 869 g/mol. The normalized spacial score (nSPS) is 11.5.